The molecule has 0 radical (unpaired) electrons. The highest BCUT2D eigenvalue weighted by Crippen LogP contribution is 2.32. The quantitative estimate of drug-likeness (QED) is 0.637. The van der Waals surface area contributed by atoms with E-state index in [9.17, 15) is 0 Å². The SMILES string of the molecule is c1cc(-c2cc3cc4c(cc3o2)CCC4)ccn1. The maximum absolute atomic E-state index is 5.95. The van der Waals surface area contributed by atoms with E-state index >= 15 is 0 Å². The maximum atomic E-state index is 5.95. The lowest BCUT2D eigenvalue weighted by Crippen LogP contribution is -1.79. The first kappa shape index (κ1) is 9.89. The Kier molecular flexibility index (Phi) is 2.04. The number of rotatable bonds is 1. The van der Waals surface area contributed by atoms with Crippen molar-refractivity contribution < 1.29 is 4.42 Å². The van der Waals surface area contributed by atoms with Crippen LogP contribution in [0, 0.1) is 0 Å². The molecule has 88 valence electrons. The first-order valence-corrected chi connectivity index (χ1v) is 6.36. The van der Waals surface area contributed by atoms with E-state index in [1.54, 1.807) is 12.4 Å². The summed E-state index contributed by atoms with van der Waals surface area (Å²) in [5, 5.41) is 1.21. The zero-order chi connectivity index (χ0) is 11.9. The summed E-state index contributed by atoms with van der Waals surface area (Å²) < 4.78 is 5.95. The fourth-order valence-corrected chi connectivity index (χ4v) is 2.77. The number of fused-ring (bicyclic) bond motifs is 2. The van der Waals surface area contributed by atoms with Crippen LogP contribution in [0.25, 0.3) is 22.3 Å². The molecule has 2 heterocycles. The lowest BCUT2D eigenvalue weighted by molar-refractivity contribution is 0.631. The predicted octanol–water partition coefficient (Wildman–Crippen LogP) is 3.98. The fraction of sp³-hybridized carbons (Fsp3) is 0.188. The molecule has 2 nitrogen and oxygen atoms in total. The van der Waals surface area contributed by atoms with E-state index in [1.807, 2.05) is 12.1 Å². The molecule has 3 aromatic rings. The Morgan fingerprint density at radius 2 is 1.72 bits per heavy atom. The summed E-state index contributed by atoms with van der Waals surface area (Å²) in [7, 11) is 0. The third-order valence-corrected chi connectivity index (χ3v) is 3.70. The highest BCUT2D eigenvalue weighted by Gasteiger charge is 2.14. The minimum absolute atomic E-state index is 0.927. The molecule has 0 aliphatic heterocycles. The first-order valence-electron chi connectivity index (χ1n) is 6.36. The first-order chi connectivity index (χ1) is 8.90. The Bertz CT molecular complexity index is 672. The molecule has 2 heteroatoms. The Hall–Kier alpha value is -2.09. The molecule has 1 aromatic carbocycles. The van der Waals surface area contributed by atoms with Gasteiger partial charge in [0.25, 0.3) is 0 Å². The molecule has 4 rings (SSSR count). The predicted molar refractivity (Wildman–Crippen MR) is 71.5 cm³/mol. The van der Waals surface area contributed by atoms with Crippen molar-refractivity contribution >= 4 is 11.0 Å². The average Bonchev–Trinajstić information content (AvgIpc) is 3.01. The largest absolute Gasteiger partial charge is 0.456 e. The van der Waals surface area contributed by atoms with Crippen LogP contribution in [-0.2, 0) is 12.8 Å². The topological polar surface area (TPSA) is 26.0 Å². The highest BCUT2D eigenvalue weighted by molar-refractivity contribution is 5.84. The Morgan fingerprint density at radius 3 is 2.56 bits per heavy atom. The van der Waals surface area contributed by atoms with Crippen LogP contribution in [0.1, 0.15) is 17.5 Å². The minimum Gasteiger partial charge on any atom is -0.456 e. The van der Waals surface area contributed by atoms with E-state index in [2.05, 4.69) is 23.2 Å². The van der Waals surface area contributed by atoms with Crippen LogP contribution in [-0.4, -0.2) is 4.98 Å². The van der Waals surface area contributed by atoms with Crippen molar-refractivity contribution in [1.82, 2.24) is 4.98 Å². The molecule has 0 bridgehead atoms. The molecule has 1 aliphatic carbocycles. The number of hydrogen-bond donors (Lipinski definition) is 0. The van der Waals surface area contributed by atoms with Crippen LogP contribution in [0.3, 0.4) is 0 Å². The summed E-state index contributed by atoms with van der Waals surface area (Å²) >= 11 is 0. The van der Waals surface area contributed by atoms with E-state index in [1.165, 1.54) is 35.8 Å². The molecule has 0 atom stereocenters. The van der Waals surface area contributed by atoms with Gasteiger partial charge in [0.15, 0.2) is 0 Å². The number of nitrogens with zero attached hydrogens (tertiary/aromatic N) is 1. The number of aryl methyl sites for hydroxylation is 2. The second kappa shape index (κ2) is 3.70. The summed E-state index contributed by atoms with van der Waals surface area (Å²) in [4.78, 5) is 4.03. The number of benzene rings is 1. The smallest absolute Gasteiger partial charge is 0.135 e. The van der Waals surface area contributed by atoms with Crippen LogP contribution >= 0.6 is 0 Å². The maximum Gasteiger partial charge on any atom is 0.135 e. The minimum atomic E-state index is 0.927. The molecule has 0 unspecified atom stereocenters. The molecule has 0 amide bonds. The van der Waals surface area contributed by atoms with Gasteiger partial charge in [0.05, 0.1) is 0 Å². The zero-order valence-corrected chi connectivity index (χ0v) is 10.0. The fourth-order valence-electron chi connectivity index (χ4n) is 2.77. The molecule has 1 aliphatic rings. The van der Waals surface area contributed by atoms with Crippen LogP contribution in [0.5, 0.6) is 0 Å². The van der Waals surface area contributed by atoms with Gasteiger partial charge < -0.3 is 4.42 Å². The third kappa shape index (κ3) is 1.46. The molecular formula is C16H13NO. The van der Waals surface area contributed by atoms with Crippen molar-refractivity contribution in [3.05, 3.63) is 53.9 Å². The zero-order valence-electron chi connectivity index (χ0n) is 10.0. The Balaban J connectivity index is 1.90. The van der Waals surface area contributed by atoms with Gasteiger partial charge in [-0.2, -0.15) is 0 Å². The number of hydrogen-bond acceptors (Lipinski definition) is 2. The normalized spacial score (nSPS) is 14.0. The molecule has 0 spiro atoms. The molecule has 2 aromatic heterocycles. The van der Waals surface area contributed by atoms with Crippen molar-refractivity contribution in [1.29, 1.82) is 0 Å². The van der Waals surface area contributed by atoms with Gasteiger partial charge in [0.2, 0.25) is 0 Å². The summed E-state index contributed by atoms with van der Waals surface area (Å²) in [6, 6.07) is 10.6. The van der Waals surface area contributed by atoms with Crippen LogP contribution in [0.4, 0.5) is 0 Å². The molecule has 0 N–H and O–H groups in total. The Labute approximate surface area is 105 Å². The summed E-state index contributed by atoms with van der Waals surface area (Å²) in [6.45, 7) is 0. The van der Waals surface area contributed by atoms with Crippen molar-refractivity contribution in [2.24, 2.45) is 0 Å². The van der Waals surface area contributed by atoms with E-state index in [0.717, 1.165) is 16.9 Å². The monoisotopic (exact) mass is 235 g/mol. The standard InChI is InChI=1S/C16H13NO/c1-2-12-8-14-10-15(11-4-6-17-7-5-11)18-16(14)9-13(12)3-1/h4-10H,1-3H2. The van der Waals surface area contributed by atoms with E-state index in [0.29, 0.717) is 0 Å². The van der Waals surface area contributed by atoms with Gasteiger partial charge in [-0.05, 0) is 60.7 Å². The lowest BCUT2D eigenvalue weighted by atomic mass is 10.1. The van der Waals surface area contributed by atoms with Crippen LogP contribution in [0.2, 0.25) is 0 Å². The van der Waals surface area contributed by atoms with E-state index < -0.39 is 0 Å². The van der Waals surface area contributed by atoms with Gasteiger partial charge in [-0.15, -0.1) is 0 Å². The van der Waals surface area contributed by atoms with Crippen LogP contribution < -0.4 is 0 Å². The van der Waals surface area contributed by atoms with Crippen molar-refractivity contribution in [2.75, 3.05) is 0 Å². The average molecular weight is 235 g/mol. The van der Waals surface area contributed by atoms with E-state index in [4.69, 9.17) is 4.42 Å². The van der Waals surface area contributed by atoms with Crippen molar-refractivity contribution in [3.8, 4) is 11.3 Å². The number of pyridine rings is 1. The summed E-state index contributed by atoms with van der Waals surface area (Å²) in [5.41, 5.74) is 5.03. The van der Waals surface area contributed by atoms with Gasteiger partial charge in [-0.25, -0.2) is 0 Å². The van der Waals surface area contributed by atoms with Gasteiger partial charge >= 0.3 is 0 Å². The summed E-state index contributed by atoms with van der Waals surface area (Å²) in [5.74, 6) is 0.927. The second-order valence-corrected chi connectivity index (χ2v) is 4.86. The highest BCUT2D eigenvalue weighted by atomic mass is 16.3. The van der Waals surface area contributed by atoms with Crippen molar-refractivity contribution in [3.63, 3.8) is 0 Å². The van der Waals surface area contributed by atoms with Gasteiger partial charge in [0, 0.05) is 23.3 Å². The third-order valence-electron chi connectivity index (χ3n) is 3.70. The van der Waals surface area contributed by atoms with Gasteiger partial charge in [0.1, 0.15) is 11.3 Å². The number of aromatic nitrogens is 1. The second-order valence-electron chi connectivity index (χ2n) is 4.86. The molecule has 0 fully saturated rings. The number of furan rings is 1. The van der Waals surface area contributed by atoms with Crippen LogP contribution in [0.15, 0.2) is 47.1 Å². The summed E-state index contributed by atoms with van der Waals surface area (Å²) in [6.07, 6.45) is 7.27. The van der Waals surface area contributed by atoms with Gasteiger partial charge in [-0.3, -0.25) is 4.98 Å². The van der Waals surface area contributed by atoms with E-state index in [-0.39, 0.29) is 0 Å². The molecule has 0 saturated heterocycles. The van der Waals surface area contributed by atoms with Crippen molar-refractivity contribution in [2.45, 2.75) is 19.3 Å². The molecule has 18 heavy (non-hydrogen) atoms. The molecular weight excluding hydrogens is 222 g/mol. The van der Waals surface area contributed by atoms with Gasteiger partial charge in [-0.1, -0.05) is 0 Å². The molecule has 0 saturated carbocycles. The Morgan fingerprint density at radius 1 is 0.944 bits per heavy atom. The lowest BCUT2D eigenvalue weighted by Gasteiger charge is -1.97.